The fourth-order valence-corrected chi connectivity index (χ4v) is 4.61. The zero-order valence-corrected chi connectivity index (χ0v) is 19.5. The molecule has 6 nitrogen and oxygen atoms in total. The van der Waals surface area contributed by atoms with Crippen LogP contribution in [0.5, 0.6) is 5.75 Å². The number of methoxy groups -OCH3 is 1. The van der Waals surface area contributed by atoms with Gasteiger partial charge in [0.1, 0.15) is 11.0 Å². The number of aliphatic imine (C=N–C) groups is 1. The predicted octanol–water partition coefficient (Wildman–Crippen LogP) is 5.51. The van der Waals surface area contributed by atoms with Crippen LogP contribution in [0.2, 0.25) is 5.02 Å². The van der Waals surface area contributed by atoms with E-state index in [-0.39, 0.29) is 18.2 Å². The lowest BCUT2D eigenvalue weighted by atomic mass is 10.2. The summed E-state index contributed by atoms with van der Waals surface area (Å²) in [5, 5.41) is 3.24. The molecule has 1 saturated heterocycles. The smallest absolute Gasteiger partial charge is 0.238 e. The Morgan fingerprint density at radius 1 is 1.12 bits per heavy atom. The summed E-state index contributed by atoms with van der Waals surface area (Å²) in [6.07, 6.45) is 0.0749. The molecule has 0 aliphatic carbocycles. The fourth-order valence-electron chi connectivity index (χ4n) is 3.32. The molecule has 1 aliphatic heterocycles. The molecule has 0 saturated carbocycles. The van der Waals surface area contributed by atoms with Gasteiger partial charge in [-0.25, -0.2) is 4.99 Å². The average molecular weight is 480 g/mol. The largest absolute Gasteiger partial charge is 0.497 e. The van der Waals surface area contributed by atoms with Crippen LogP contribution >= 0.6 is 23.4 Å². The molecule has 1 atom stereocenters. The second kappa shape index (κ2) is 10.6. The number of ether oxygens (including phenoxy) is 1. The molecule has 168 valence electrons. The summed E-state index contributed by atoms with van der Waals surface area (Å²) < 4.78 is 5.21. The molecule has 0 spiro atoms. The van der Waals surface area contributed by atoms with Crippen LogP contribution in [0.1, 0.15) is 12.0 Å². The first-order valence-corrected chi connectivity index (χ1v) is 11.6. The van der Waals surface area contributed by atoms with Crippen molar-refractivity contribution in [3.63, 3.8) is 0 Å². The summed E-state index contributed by atoms with van der Waals surface area (Å²) in [5.74, 6) is 0.291. The van der Waals surface area contributed by atoms with E-state index in [0.29, 0.717) is 33.9 Å². The Hall–Kier alpha value is -3.29. The number of hydrogen-bond donors (Lipinski definition) is 1. The number of amides is 2. The second-order valence-corrected chi connectivity index (χ2v) is 8.97. The number of nitrogens with one attached hydrogen (secondary N) is 1. The lowest BCUT2D eigenvalue weighted by molar-refractivity contribution is -0.129. The number of carbonyl (C=O) groups excluding carboxylic acids is 2. The van der Waals surface area contributed by atoms with Crippen LogP contribution in [-0.4, -0.2) is 34.2 Å². The number of thioether (sulfide) groups is 1. The second-order valence-electron chi connectivity index (χ2n) is 7.37. The van der Waals surface area contributed by atoms with Crippen LogP contribution in [0.4, 0.5) is 11.4 Å². The Kier molecular flexibility index (Phi) is 7.32. The van der Waals surface area contributed by atoms with Crippen molar-refractivity contribution in [1.29, 1.82) is 0 Å². The van der Waals surface area contributed by atoms with Crippen LogP contribution in [-0.2, 0) is 16.1 Å². The van der Waals surface area contributed by atoms with Gasteiger partial charge in [0.2, 0.25) is 11.8 Å². The van der Waals surface area contributed by atoms with Gasteiger partial charge in [-0.15, -0.1) is 0 Å². The van der Waals surface area contributed by atoms with E-state index < -0.39 is 5.25 Å². The molecule has 3 aromatic rings. The highest BCUT2D eigenvalue weighted by Crippen LogP contribution is 2.31. The van der Waals surface area contributed by atoms with Gasteiger partial charge in [0.05, 0.1) is 19.3 Å². The van der Waals surface area contributed by atoms with Crippen LogP contribution in [0.15, 0.2) is 83.9 Å². The van der Waals surface area contributed by atoms with Crippen molar-refractivity contribution in [3.05, 3.63) is 89.4 Å². The van der Waals surface area contributed by atoms with Crippen molar-refractivity contribution in [2.24, 2.45) is 4.99 Å². The molecule has 0 bridgehead atoms. The van der Waals surface area contributed by atoms with Gasteiger partial charge in [-0.2, -0.15) is 0 Å². The van der Waals surface area contributed by atoms with E-state index in [9.17, 15) is 9.59 Å². The number of anilines is 1. The maximum atomic E-state index is 13.1. The minimum absolute atomic E-state index is 0.0749. The van der Waals surface area contributed by atoms with Crippen LogP contribution in [0, 0.1) is 0 Å². The van der Waals surface area contributed by atoms with E-state index in [2.05, 4.69) is 5.32 Å². The number of hydrogen-bond acceptors (Lipinski definition) is 5. The van der Waals surface area contributed by atoms with Crippen molar-refractivity contribution in [2.45, 2.75) is 18.2 Å². The SMILES string of the molecule is COc1ccc(N=C2SC(C(=O)Nc3cccc(Cl)c3)CC(=O)N2Cc2ccccc2)cc1. The van der Waals surface area contributed by atoms with Gasteiger partial charge < -0.3 is 10.1 Å². The summed E-state index contributed by atoms with van der Waals surface area (Å²) in [4.78, 5) is 32.4. The summed E-state index contributed by atoms with van der Waals surface area (Å²) in [6, 6.07) is 23.9. The Bertz CT molecular complexity index is 1170. The van der Waals surface area contributed by atoms with E-state index >= 15 is 0 Å². The maximum absolute atomic E-state index is 13.1. The lowest BCUT2D eigenvalue weighted by Crippen LogP contribution is -2.44. The highest BCUT2D eigenvalue weighted by molar-refractivity contribution is 8.15. The van der Waals surface area contributed by atoms with Crippen LogP contribution < -0.4 is 10.1 Å². The third kappa shape index (κ3) is 5.94. The van der Waals surface area contributed by atoms with Crippen molar-refractivity contribution < 1.29 is 14.3 Å². The maximum Gasteiger partial charge on any atom is 0.238 e. The van der Waals surface area contributed by atoms with Crippen molar-refractivity contribution in [3.8, 4) is 5.75 Å². The quantitative estimate of drug-likeness (QED) is 0.506. The molecular weight excluding hydrogens is 458 g/mol. The van der Waals surface area contributed by atoms with E-state index in [1.807, 2.05) is 42.5 Å². The van der Waals surface area contributed by atoms with Gasteiger partial charge in [0, 0.05) is 17.1 Å². The molecule has 4 rings (SSSR count). The number of amidine groups is 1. The van der Waals surface area contributed by atoms with Crippen LogP contribution in [0.25, 0.3) is 0 Å². The molecule has 3 aromatic carbocycles. The molecule has 2 amide bonds. The first kappa shape index (κ1) is 22.9. The lowest BCUT2D eigenvalue weighted by Gasteiger charge is -2.32. The molecule has 0 radical (unpaired) electrons. The fraction of sp³-hybridized carbons (Fsp3) is 0.160. The Labute approximate surface area is 201 Å². The van der Waals surface area contributed by atoms with E-state index in [1.54, 1.807) is 48.4 Å². The van der Waals surface area contributed by atoms with Crippen molar-refractivity contribution >= 4 is 51.7 Å². The van der Waals surface area contributed by atoms with Gasteiger partial charge in [0.25, 0.3) is 0 Å². The van der Waals surface area contributed by atoms with Gasteiger partial charge in [0.15, 0.2) is 5.17 Å². The topological polar surface area (TPSA) is 71.0 Å². The van der Waals surface area contributed by atoms with E-state index in [4.69, 9.17) is 21.3 Å². The normalized spacial score (nSPS) is 17.2. The number of benzene rings is 3. The third-order valence-corrected chi connectivity index (χ3v) is 6.43. The molecule has 1 unspecified atom stereocenters. The first-order chi connectivity index (χ1) is 16.0. The molecule has 1 fully saturated rings. The minimum atomic E-state index is -0.611. The Morgan fingerprint density at radius 3 is 2.58 bits per heavy atom. The summed E-state index contributed by atoms with van der Waals surface area (Å²) in [7, 11) is 1.60. The number of halogens is 1. The average Bonchev–Trinajstić information content (AvgIpc) is 2.82. The van der Waals surface area contributed by atoms with Gasteiger partial charge >= 0.3 is 0 Å². The predicted molar refractivity (Wildman–Crippen MR) is 133 cm³/mol. The highest BCUT2D eigenvalue weighted by Gasteiger charge is 2.36. The summed E-state index contributed by atoms with van der Waals surface area (Å²) >= 11 is 7.30. The molecule has 33 heavy (non-hydrogen) atoms. The molecule has 0 aromatic heterocycles. The highest BCUT2D eigenvalue weighted by atomic mass is 35.5. The third-order valence-electron chi connectivity index (χ3n) is 5.00. The number of carbonyl (C=O) groups is 2. The van der Waals surface area contributed by atoms with Crippen molar-refractivity contribution in [2.75, 3.05) is 12.4 Å². The van der Waals surface area contributed by atoms with Gasteiger partial charge in [-0.1, -0.05) is 59.8 Å². The number of nitrogens with zero attached hydrogens (tertiary/aromatic N) is 2. The molecule has 1 aliphatic rings. The van der Waals surface area contributed by atoms with Crippen molar-refractivity contribution in [1.82, 2.24) is 4.90 Å². The zero-order chi connectivity index (χ0) is 23.2. The standard InChI is InChI=1S/C25H22ClN3O3S/c1-32-21-12-10-19(11-13-21)28-25-29(16-17-6-3-2-4-7-17)23(30)15-22(33-25)24(31)27-20-9-5-8-18(26)14-20/h2-14,22H,15-16H2,1H3,(H,27,31). The summed E-state index contributed by atoms with van der Waals surface area (Å²) in [6.45, 7) is 0.379. The van der Waals surface area contributed by atoms with E-state index in [0.717, 1.165) is 5.56 Å². The minimum Gasteiger partial charge on any atom is -0.497 e. The zero-order valence-electron chi connectivity index (χ0n) is 17.9. The number of rotatable bonds is 6. The van der Waals surface area contributed by atoms with Crippen LogP contribution in [0.3, 0.4) is 0 Å². The first-order valence-electron chi connectivity index (χ1n) is 10.3. The molecule has 8 heteroatoms. The van der Waals surface area contributed by atoms with E-state index in [1.165, 1.54) is 11.8 Å². The van der Waals surface area contributed by atoms with Gasteiger partial charge in [-0.3, -0.25) is 14.5 Å². The summed E-state index contributed by atoms with van der Waals surface area (Å²) in [5.41, 5.74) is 2.23. The monoisotopic (exact) mass is 479 g/mol. The Morgan fingerprint density at radius 2 is 1.88 bits per heavy atom. The molecular formula is C25H22ClN3O3S. The molecule has 1 heterocycles. The molecule has 1 N–H and O–H groups in total. The van der Waals surface area contributed by atoms with Gasteiger partial charge in [-0.05, 0) is 48.0 Å². The Balaban J connectivity index is 1.59.